The van der Waals surface area contributed by atoms with Gasteiger partial charge in [-0.25, -0.2) is 0 Å². The fourth-order valence-corrected chi connectivity index (χ4v) is 1.81. The summed E-state index contributed by atoms with van der Waals surface area (Å²) in [5, 5.41) is 9.81. The lowest BCUT2D eigenvalue weighted by atomic mass is 9.90. The maximum atomic E-state index is 9.81. The van der Waals surface area contributed by atoms with E-state index < -0.39 is 0 Å². The summed E-state index contributed by atoms with van der Waals surface area (Å²) in [4.78, 5) is 2.22. The van der Waals surface area contributed by atoms with Crippen LogP contribution in [0.3, 0.4) is 0 Å². The van der Waals surface area contributed by atoms with Crippen LogP contribution in [0.2, 0.25) is 0 Å². The summed E-state index contributed by atoms with van der Waals surface area (Å²) in [6.45, 7) is 8.38. The molecule has 0 aromatic rings. The van der Waals surface area contributed by atoms with E-state index in [0.29, 0.717) is 6.04 Å². The SMILES string of the molecule is CC1=C(C)C(C)N(C)C(C)C1O. The number of hydrogen-bond donors (Lipinski definition) is 1. The first-order chi connectivity index (χ1) is 5.46. The first kappa shape index (κ1) is 9.75. The van der Waals surface area contributed by atoms with Crippen LogP contribution >= 0.6 is 0 Å². The highest BCUT2D eigenvalue weighted by Crippen LogP contribution is 2.26. The van der Waals surface area contributed by atoms with Crippen molar-refractivity contribution in [3.8, 4) is 0 Å². The Kier molecular flexibility index (Phi) is 2.59. The highest BCUT2D eigenvalue weighted by molar-refractivity contribution is 5.24. The van der Waals surface area contributed by atoms with Crippen molar-refractivity contribution in [1.82, 2.24) is 4.90 Å². The third-order valence-corrected chi connectivity index (χ3v) is 3.40. The standard InChI is InChI=1S/C10H19NO/c1-6-7(2)10(12)9(4)11(5)8(6)3/h8-10,12H,1-5H3. The number of hydrogen-bond acceptors (Lipinski definition) is 2. The summed E-state index contributed by atoms with van der Waals surface area (Å²) in [7, 11) is 2.06. The molecule has 0 amide bonds. The van der Waals surface area contributed by atoms with E-state index in [1.54, 1.807) is 0 Å². The van der Waals surface area contributed by atoms with Crippen LogP contribution in [-0.4, -0.2) is 35.2 Å². The molecule has 0 radical (unpaired) electrons. The molecule has 1 heterocycles. The van der Waals surface area contributed by atoms with E-state index in [1.807, 2.05) is 6.92 Å². The molecule has 70 valence electrons. The zero-order valence-electron chi connectivity index (χ0n) is 8.63. The average Bonchev–Trinajstić information content (AvgIpc) is 2.08. The van der Waals surface area contributed by atoms with Crippen molar-refractivity contribution in [2.45, 2.75) is 45.9 Å². The van der Waals surface area contributed by atoms with E-state index in [-0.39, 0.29) is 12.1 Å². The second-order valence-corrected chi connectivity index (χ2v) is 3.89. The van der Waals surface area contributed by atoms with Crippen molar-refractivity contribution >= 4 is 0 Å². The van der Waals surface area contributed by atoms with Gasteiger partial charge < -0.3 is 5.11 Å². The number of aliphatic hydroxyl groups excluding tert-OH is 1. The molecule has 1 aliphatic heterocycles. The Morgan fingerprint density at radius 2 is 1.67 bits per heavy atom. The summed E-state index contributed by atoms with van der Waals surface area (Å²) in [5.74, 6) is 0. The number of nitrogens with zero attached hydrogens (tertiary/aromatic N) is 1. The zero-order chi connectivity index (χ0) is 9.46. The second kappa shape index (κ2) is 3.19. The molecule has 12 heavy (non-hydrogen) atoms. The van der Waals surface area contributed by atoms with Crippen molar-refractivity contribution < 1.29 is 5.11 Å². The molecular formula is C10H19NO. The van der Waals surface area contributed by atoms with Crippen molar-refractivity contribution in [3.05, 3.63) is 11.1 Å². The maximum Gasteiger partial charge on any atom is 0.0903 e. The molecule has 0 fully saturated rings. The summed E-state index contributed by atoms with van der Waals surface area (Å²) in [6.07, 6.45) is -0.286. The van der Waals surface area contributed by atoms with Gasteiger partial charge in [-0.05, 0) is 40.3 Å². The average molecular weight is 169 g/mol. The summed E-state index contributed by atoms with van der Waals surface area (Å²) in [5.41, 5.74) is 2.45. The Morgan fingerprint density at radius 3 is 2.17 bits per heavy atom. The van der Waals surface area contributed by atoms with Gasteiger partial charge in [0.15, 0.2) is 0 Å². The van der Waals surface area contributed by atoms with Gasteiger partial charge in [-0.1, -0.05) is 5.57 Å². The van der Waals surface area contributed by atoms with Gasteiger partial charge >= 0.3 is 0 Å². The van der Waals surface area contributed by atoms with Gasteiger partial charge in [0.2, 0.25) is 0 Å². The van der Waals surface area contributed by atoms with E-state index in [0.717, 1.165) is 5.57 Å². The van der Waals surface area contributed by atoms with Gasteiger partial charge in [0.25, 0.3) is 0 Å². The van der Waals surface area contributed by atoms with Gasteiger partial charge in [-0.15, -0.1) is 0 Å². The highest BCUT2D eigenvalue weighted by atomic mass is 16.3. The van der Waals surface area contributed by atoms with Gasteiger partial charge in [-0.3, -0.25) is 4.90 Å². The molecule has 3 unspecified atom stereocenters. The fourth-order valence-electron chi connectivity index (χ4n) is 1.81. The maximum absolute atomic E-state index is 9.81. The molecule has 0 saturated carbocycles. The van der Waals surface area contributed by atoms with E-state index in [4.69, 9.17) is 0 Å². The molecule has 1 aliphatic rings. The third-order valence-electron chi connectivity index (χ3n) is 3.40. The summed E-state index contributed by atoms with van der Waals surface area (Å²) >= 11 is 0. The monoisotopic (exact) mass is 169 g/mol. The van der Waals surface area contributed by atoms with Crippen LogP contribution in [0.4, 0.5) is 0 Å². The summed E-state index contributed by atoms with van der Waals surface area (Å²) < 4.78 is 0. The Hall–Kier alpha value is -0.340. The number of likely N-dealkylation sites (N-methyl/N-ethyl adjacent to an activating group) is 1. The van der Waals surface area contributed by atoms with E-state index in [9.17, 15) is 5.11 Å². The molecular weight excluding hydrogens is 150 g/mol. The van der Waals surface area contributed by atoms with Crippen LogP contribution < -0.4 is 0 Å². The minimum absolute atomic E-state index is 0.240. The molecule has 2 heteroatoms. The van der Waals surface area contributed by atoms with Crippen molar-refractivity contribution in [2.24, 2.45) is 0 Å². The molecule has 0 aliphatic carbocycles. The van der Waals surface area contributed by atoms with Gasteiger partial charge in [0.05, 0.1) is 6.10 Å². The fraction of sp³-hybridized carbons (Fsp3) is 0.800. The molecule has 0 spiro atoms. The van der Waals surface area contributed by atoms with E-state index >= 15 is 0 Å². The van der Waals surface area contributed by atoms with Gasteiger partial charge in [0.1, 0.15) is 0 Å². The molecule has 0 bridgehead atoms. The number of rotatable bonds is 0. The smallest absolute Gasteiger partial charge is 0.0903 e. The predicted molar refractivity (Wildman–Crippen MR) is 51.1 cm³/mol. The highest BCUT2D eigenvalue weighted by Gasteiger charge is 2.30. The lowest BCUT2D eigenvalue weighted by Gasteiger charge is -2.40. The van der Waals surface area contributed by atoms with E-state index in [2.05, 4.69) is 32.7 Å². The molecule has 1 rings (SSSR count). The van der Waals surface area contributed by atoms with Gasteiger partial charge in [0, 0.05) is 12.1 Å². The molecule has 2 nitrogen and oxygen atoms in total. The largest absolute Gasteiger partial charge is 0.387 e. The summed E-state index contributed by atoms with van der Waals surface area (Å²) in [6, 6.07) is 0.701. The van der Waals surface area contributed by atoms with Crippen molar-refractivity contribution in [1.29, 1.82) is 0 Å². The Bertz CT molecular complexity index is 188. The third kappa shape index (κ3) is 1.29. The molecule has 0 saturated heterocycles. The van der Waals surface area contributed by atoms with Crippen molar-refractivity contribution in [2.75, 3.05) is 7.05 Å². The minimum Gasteiger partial charge on any atom is -0.387 e. The van der Waals surface area contributed by atoms with E-state index in [1.165, 1.54) is 5.57 Å². The zero-order valence-corrected chi connectivity index (χ0v) is 8.63. The van der Waals surface area contributed by atoms with Crippen molar-refractivity contribution in [3.63, 3.8) is 0 Å². The topological polar surface area (TPSA) is 23.5 Å². The Morgan fingerprint density at radius 1 is 1.17 bits per heavy atom. The predicted octanol–water partition coefficient (Wildman–Crippen LogP) is 1.41. The van der Waals surface area contributed by atoms with Crippen LogP contribution in [-0.2, 0) is 0 Å². The second-order valence-electron chi connectivity index (χ2n) is 3.89. The molecule has 0 aromatic heterocycles. The first-order valence-corrected chi connectivity index (χ1v) is 4.54. The molecule has 3 atom stereocenters. The minimum atomic E-state index is -0.286. The lowest BCUT2D eigenvalue weighted by Crippen LogP contribution is -2.49. The lowest BCUT2D eigenvalue weighted by molar-refractivity contribution is 0.0677. The normalized spacial score (nSPS) is 39.0. The molecule has 1 N–H and O–H groups in total. The van der Waals surface area contributed by atoms with Crippen LogP contribution in [0, 0.1) is 0 Å². The van der Waals surface area contributed by atoms with Crippen LogP contribution in [0.1, 0.15) is 27.7 Å². The molecule has 0 aromatic carbocycles. The Balaban J connectivity index is 3.00. The van der Waals surface area contributed by atoms with Crippen LogP contribution in [0.15, 0.2) is 11.1 Å². The first-order valence-electron chi connectivity index (χ1n) is 4.54. The van der Waals surface area contributed by atoms with Gasteiger partial charge in [-0.2, -0.15) is 0 Å². The quantitative estimate of drug-likeness (QED) is 0.554. The van der Waals surface area contributed by atoms with Crippen LogP contribution in [0.5, 0.6) is 0 Å². The Labute approximate surface area is 74.9 Å². The van der Waals surface area contributed by atoms with Crippen LogP contribution in [0.25, 0.3) is 0 Å². The number of aliphatic hydroxyl groups is 1.